The molecule has 0 aromatic heterocycles. The maximum Gasteiger partial charge on any atom is 0.352 e. The number of aliphatic carboxylic acids is 2. The van der Waals surface area contributed by atoms with Crippen LogP contribution in [-0.4, -0.2) is 74.7 Å². The summed E-state index contributed by atoms with van der Waals surface area (Å²) in [4.78, 5) is 58.7. The number of amides is 2. The Labute approximate surface area is 164 Å². The molecule has 5 N–H and O–H groups in total. The Morgan fingerprint density at radius 2 is 2.04 bits per heavy atom. The van der Waals surface area contributed by atoms with Gasteiger partial charge in [-0.2, -0.15) is 0 Å². The number of nitrogens with zero attached hydrogens (tertiary/aromatic N) is 1. The summed E-state index contributed by atoms with van der Waals surface area (Å²) in [5.41, 5.74) is 5.44. The molecule has 0 aromatic carbocycles. The number of fused-ring (bicyclic) bond motifs is 1. The summed E-state index contributed by atoms with van der Waals surface area (Å²) in [5.74, 6) is -3.79. The predicted octanol–water partition coefficient (Wildman–Crippen LogP) is -1.13. The molecular weight excluding hydrogens is 394 g/mol. The molecule has 154 valence electrons. The van der Waals surface area contributed by atoms with E-state index >= 15 is 0 Å². The Kier molecular flexibility index (Phi) is 7.02. The van der Waals surface area contributed by atoms with Gasteiger partial charge in [0.15, 0.2) is 0 Å². The highest BCUT2D eigenvalue weighted by atomic mass is 32.2. The topological polar surface area (TPSA) is 176 Å². The molecule has 3 atom stereocenters. The second-order valence-corrected chi connectivity index (χ2v) is 7.43. The molecule has 1 fully saturated rings. The van der Waals surface area contributed by atoms with Crippen molar-refractivity contribution < 1.29 is 38.9 Å². The lowest BCUT2D eigenvalue weighted by Crippen LogP contribution is -2.70. The molecule has 2 unspecified atom stereocenters. The number of thioether (sulfide) groups is 1. The average Bonchev–Trinajstić information content (AvgIpc) is 2.62. The third-order valence-electron chi connectivity index (χ3n) is 4.25. The van der Waals surface area contributed by atoms with Crippen LogP contribution in [0, 0.1) is 0 Å². The predicted molar refractivity (Wildman–Crippen MR) is 95.8 cm³/mol. The van der Waals surface area contributed by atoms with Crippen LogP contribution in [0.2, 0.25) is 0 Å². The minimum absolute atomic E-state index is 0.00146. The van der Waals surface area contributed by atoms with Gasteiger partial charge in [-0.15, -0.1) is 11.8 Å². The Morgan fingerprint density at radius 3 is 2.61 bits per heavy atom. The van der Waals surface area contributed by atoms with E-state index < -0.39 is 47.2 Å². The first-order valence-corrected chi connectivity index (χ1v) is 9.49. The smallest absolute Gasteiger partial charge is 0.352 e. The lowest BCUT2D eigenvalue weighted by molar-refractivity contribution is -0.151. The zero-order valence-electron chi connectivity index (χ0n) is 15.0. The highest BCUT2D eigenvalue weighted by Gasteiger charge is 2.54. The number of ether oxygens (including phenoxy) is 1. The molecule has 0 aliphatic carbocycles. The molecule has 0 radical (unpaired) electrons. The largest absolute Gasteiger partial charge is 0.480 e. The minimum atomic E-state index is -1.31. The molecule has 0 saturated carbocycles. The van der Waals surface area contributed by atoms with E-state index in [4.69, 9.17) is 15.6 Å². The van der Waals surface area contributed by atoms with Crippen LogP contribution in [-0.2, 0) is 28.7 Å². The zero-order valence-corrected chi connectivity index (χ0v) is 15.9. The number of esters is 1. The number of carbonyl (C=O) groups excluding carboxylic acids is 3. The van der Waals surface area contributed by atoms with Gasteiger partial charge in [0.1, 0.15) is 29.8 Å². The van der Waals surface area contributed by atoms with E-state index in [1.165, 1.54) is 18.7 Å². The molecule has 1 saturated heterocycles. The number of hydrogen-bond donors (Lipinski definition) is 4. The lowest BCUT2D eigenvalue weighted by atomic mass is 10.0. The molecule has 0 bridgehead atoms. The number of carboxylic acids is 2. The van der Waals surface area contributed by atoms with Crippen molar-refractivity contribution >= 4 is 41.5 Å². The van der Waals surface area contributed by atoms with Crippen LogP contribution in [0.15, 0.2) is 11.3 Å². The van der Waals surface area contributed by atoms with Gasteiger partial charge in [0.05, 0.1) is 0 Å². The normalized spacial score (nSPS) is 22.1. The van der Waals surface area contributed by atoms with E-state index in [9.17, 15) is 29.1 Å². The Bertz CT molecular complexity index is 737. The number of rotatable bonds is 9. The van der Waals surface area contributed by atoms with E-state index in [1.54, 1.807) is 0 Å². The Hall–Kier alpha value is -2.60. The maximum atomic E-state index is 12.4. The van der Waals surface area contributed by atoms with Gasteiger partial charge in [0.25, 0.3) is 5.91 Å². The summed E-state index contributed by atoms with van der Waals surface area (Å²) in [7, 11) is 0. The summed E-state index contributed by atoms with van der Waals surface area (Å²) >= 11 is 1.26. The van der Waals surface area contributed by atoms with Crippen molar-refractivity contribution in [2.75, 3.05) is 12.4 Å². The molecule has 11 nitrogen and oxygen atoms in total. The molecule has 2 heterocycles. The molecule has 2 aliphatic heterocycles. The quantitative estimate of drug-likeness (QED) is 0.266. The van der Waals surface area contributed by atoms with Gasteiger partial charge in [-0.3, -0.25) is 24.1 Å². The maximum absolute atomic E-state index is 12.4. The highest BCUT2D eigenvalue weighted by Crippen LogP contribution is 2.40. The summed E-state index contributed by atoms with van der Waals surface area (Å²) in [6.07, 6.45) is 0.368. The fraction of sp³-hybridized carbons (Fsp3) is 0.562. The fourth-order valence-corrected chi connectivity index (χ4v) is 4.16. The number of carboxylic acid groups (broad SMARTS) is 2. The van der Waals surface area contributed by atoms with Gasteiger partial charge < -0.3 is 26.0 Å². The third-order valence-corrected chi connectivity index (χ3v) is 5.59. The van der Waals surface area contributed by atoms with Crippen molar-refractivity contribution in [1.82, 2.24) is 10.2 Å². The average molecular weight is 415 g/mol. The van der Waals surface area contributed by atoms with Gasteiger partial charge in [-0.05, 0) is 12.8 Å². The minimum Gasteiger partial charge on any atom is -0.480 e. The molecular formula is C16H21N3O8S. The third kappa shape index (κ3) is 4.81. The number of carbonyl (C=O) groups is 5. The van der Waals surface area contributed by atoms with Crippen molar-refractivity contribution in [3.05, 3.63) is 11.3 Å². The van der Waals surface area contributed by atoms with Gasteiger partial charge >= 0.3 is 17.9 Å². The summed E-state index contributed by atoms with van der Waals surface area (Å²) in [6.45, 7) is 0.977. The van der Waals surface area contributed by atoms with E-state index in [0.717, 1.165) is 4.90 Å². The first-order valence-electron chi connectivity index (χ1n) is 8.44. The summed E-state index contributed by atoms with van der Waals surface area (Å²) in [5, 5.41) is 20.1. The van der Waals surface area contributed by atoms with Crippen molar-refractivity contribution in [2.45, 2.75) is 43.6 Å². The SMILES string of the molecule is CC(=O)OCC1=C(C(=O)O)N2C(=O)C(NC(=O)CCC[C@H](N)C(=O)O)C2SC1. The molecule has 0 aromatic rings. The zero-order chi connectivity index (χ0) is 21.0. The van der Waals surface area contributed by atoms with E-state index in [-0.39, 0.29) is 37.3 Å². The molecule has 12 heteroatoms. The first-order chi connectivity index (χ1) is 13.1. The van der Waals surface area contributed by atoms with Crippen LogP contribution >= 0.6 is 11.8 Å². The Balaban J connectivity index is 1.96. The molecule has 2 aliphatic rings. The molecule has 0 spiro atoms. The van der Waals surface area contributed by atoms with Crippen LogP contribution in [0.25, 0.3) is 0 Å². The van der Waals surface area contributed by atoms with Crippen LogP contribution in [0.5, 0.6) is 0 Å². The molecule has 2 rings (SSSR count). The van der Waals surface area contributed by atoms with E-state index in [0.29, 0.717) is 5.57 Å². The van der Waals surface area contributed by atoms with E-state index in [1.807, 2.05) is 0 Å². The van der Waals surface area contributed by atoms with Crippen molar-refractivity contribution in [3.63, 3.8) is 0 Å². The number of nitrogens with one attached hydrogen (secondary N) is 1. The van der Waals surface area contributed by atoms with E-state index in [2.05, 4.69) is 5.32 Å². The number of nitrogens with two attached hydrogens (primary N) is 1. The summed E-state index contributed by atoms with van der Waals surface area (Å²) in [6, 6.07) is -1.92. The van der Waals surface area contributed by atoms with Crippen molar-refractivity contribution in [3.8, 4) is 0 Å². The monoisotopic (exact) mass is 415 g/mol. The Morgan fingerprint density at radius 1 is 1.36 bits per heavy atom. The second kappa shape index (κ2) is 9.06. The summed E-state index contributed by atoms with van der Waals surface area (Å²) < 4.78 is 4.84. The number of hydrogen-bond acceptors (Lipinski definition) is 8. The van der Waals surface area contributed by atoms with Crippen molar-refractivity contribution in [1.29, 1.82) is 0 Å². The van der Waals surface area contributed by atoms with Crippen LogP contribution in [0.1, 0.15) is 26.2 Å². The molecule has 28 heavy (non-hydrogen) atoms. The standard InChI is InChI=1S/C16H21N3O8S/c1-7(20)27-5-8-6-28-14-11(13(22)19(14)12(8)16(25)26)18-10(21)4-2-3-9(17)15(23)24/h9,11,14H,2-6,17H2,1H3,(H,18,21)(H,23,24)(H,25,26)/t9-,11?,14?/m0/s1. The second-order valence-electron chi connectivity index (χ2n) is 6.33. The highest BCUT2D eigenvalue weighted by molar-refractivity contribution is 8.00. The van der Waals surface area contributed by atoms with Gasteiger partial charge in [-0.1, -0.05) is 0 Å². The van der Waals surface area contributed by atoms with Crippen molar-refractivity contribution in [2.24, 2.45) is 5.73 Å². The van der Waals surface area contributed by atoms with Crippen LogP contribution in [0.4, 0.5) is 0 Å². The molecule has 2 amide bonds. The van der Waals surface area contributed by atoms with Gasteiger partial charge in [-0.25, -0.2) is 4.79 Å². The van der Waals surface area contributed by atoms with Gasteiger partial charge in [0.2, 0.25) is 5.91 Å². The lowest BCUT2D eigenvalue weighted by Gasteiger charge is -2.49. The van der Waals surface area contributed by atoms with Gasteiger partial charge in [0, 0.05) is 24.7 Å². The van der Waals surface area contributed by atoms with Crippen LogP contribution in [0.3, 0.4) is 0 Å². The van der Waals surface area contributed by atoms with Crippen LogP contribution < -0.4 is 11.1 Å². The first kappa shape index (κ1) is 21.7. The number of β-lactam (4-membered cyclic amide) rings is 1. The fourth-order valence-electron chi connectivity index (χ4n) is 2.83.